The van der Waals surface area contributed by atoms with Gasteiger partial charge >= 0.3 is 5.97 Å². The minimum absolute atomic E-state index is 0.270. The smallest absolute Gasteiger partial charge is 0.339 e. The number of rotatable bonds is 3. The van der Waals surface area contributed by atoms with Gasteiger partial charge in [-0.2, -0.15) is 0 Å². The lowest BCUT2D eigenvalue weighted by Gasteiger charge is -2.12. The number of carbonyl (C=O) groups excluding carboxylic acids is 1. The molecule has 2 aromatic carbocycles. The SMILES string of the molecule is O=C(O)c1cc(NC(=O)C2Cc3ccccc3O2)ccc1O. The van der Waals surface area contributed by atoms with Crippen LogP contribution in [0.3, 0.4) is 0 Å². The van der Waals surface area contributed by atoms with Crippen molar-refractivity contribution in [1.82, 2.24) is 0 Å². The highest BCUT2D eigenvalue weighted by atomic mass is 16.5. The normalized spacial score (nSPS) is 15.7. The van der Waals surface area contributed by atoms with E-state index in [1.165, 1.54) is 18.2 Å². The van der Waals surface area contributed by atoms with Gasteiger partial charge in [-0.15, -0.1) is 0 Å². The Balaban J connectivity index is 1.73. The zero-order valence-electron chi connectivity index (χ0n) is 11.4. The molecule has 1 heterocycles. The van der Waals surface area contributed by atoms with E-state index < -0.39 is 12.1 Å². The van der Waals surface area contributed by atoms with Gasteiger partial charge in [-0.1, -0.05) is 18.2 Å². The van der Waals surface area contributed by atoms with Gasteiger partial charge in [0.05, 0.1) is 0 Å². The molecule has 3 rings (SSSR count). The van der Waals surface area contributed by atoms with Gasteiger partial charge < -0.3 is 20.3 Å². The Hall–Kier alpha value is -3.02. The Kier molecular flexibility index (Phi) is 3.42. The largest absolute Gasteiger partial charge is 0.507 e. The molecule has 0 fully saturated rings. The average molecular weight is 299 g/mol. The molecule has 3 N–H and O–H groups in total. The maximum atomic E-state index is 12.2. The van der Waals surface area contributed by atoms with Gasteiger partial charge in [0.15, 0.2) is 6.10 Å². The minimum Gasteiger partial charge on any atom is -0.507 e. The van der Waals surface area contributed by atoms with E-state index in [2.05, 4.69) is 5.32 Å². The molecule has 1 aliphatic heterocycles. The summed E-state index contributed by atoms with van der Waals surface area (Å²) in [5.41, 5.74) is 0.979. The van der Waals surface area contributed by atoms with Crippen molar-refractivity contribution in [2.75, 3.05) is 5.32 Å². The number of nitrogens with one attached hydrogen (secondary N) is 1. The van der Waals surface area contributed by atoms with E-state index in [0.29, 0.717) is 17.9 Å². The number of phenols is 1. The lowest BCUT2D eigenvalue weighted by molar-refractivity contribution is -0.122. The van der Waals surface area contributed by atoms with Crippen LogP contribution in [0.2, 0.25) is 0 Å². The third kappa shape index (κ3) is 2.58. The van der Waals surface area contributed by atoms with Crippen LogP contribution in [0, 0.1) is 0 Å². The number of carboxylic acid groups (broad SMARTS) is 1. The van der Waals surface area contributed by atoms with Crippen molar-refractivity contribution < 1.29 is 24.5 Å². The van der Waals surface area contributed by atoms with Crippen LogP contribution in [0.25, 0.3) is 0 Å². The molecule has 1 unspecified atom stereocenters. The van der Waals surface area contributed by atoms with Crippen LogP contribution >= 0.6 is 0 Å². The van der Waals surface area contributed by atoms with Gasteiger partial charge in [-0.05, 0) is 29.8 Å². The van der Waals surface area contributed by atoms with Crippen molar-refractivity contribution >= 4 is 17.6 Å². The molecule has 1 aliphatic rings. The molecular formula is C16H13NO5. The van der Waals surface area contributed by atoms with E-state index in [0.717, 1.165) is 5.56 Å². The minimum atomic E-state index is -1.27. The highest BCUT2D eigenvalue weighted by molar-refractivity contribution is 5.97. The maximum absolute atomic E-state index is 12.2. The molecule has 2 aromatic rings. The van der Waals surface area contributed by atoms with Gasteiger partial charge in [0, 0.05) is 12.1 Å². The summed E-state index contributed by atoms with van der Waals surface area (Å²) in [6, 6.07) is 11.3. The number of amides is 1. The Morgan fingerprint density at radius 1 is 1.18 bits per heavy atom. The molecule has 0 saturated carbocycles. The predicted octanol–water partition coefficient (Wildman–Crippen LogP) is 2.03. The topological polar surface area (TPSA) is 95.9 Å². The quantitative estimate of drug-likeness (QED) is 0.754. The molecule has 22 heavy (non-hydrogen) atoms. The first kappa shape index (κ1) is 13.9. The molecule has 0 bridgehead atoms. The first-order chi connectivity index (χ1) is 10.5. The Morgan fingerprint density at radius 3 is 2.68 bits per heavy atom. The fourth-order valence-corrected chi connectivity index (χ4v) is 2.34. The number of hydrogen-bond donors (Lipinski definition) is 3. The highest BCUT2D eigenvalue weighted by Crippen LogP contribution is 2.29. The third-order valence-electron chi connectivity index (χ3n) is 3.43. The van der Waals surface area contributed by atoms with Crippen LogP contribution in [0.15, 0.2) is 42.5 Å². The highest BCUT2D eigenvalue weighted by Gasteiger charge is 2.28. The summed E-state index contributed by atoms with van der Waals surface area (Å²) in [4.78, 5) is 23.2. The molecule has 0 saturated heterocycles. The van der Waals surface area contributed by atoms with Crippen molar-refractivity contribution in [3.8, 4) is 11.5 Å². The second kappa shape index (κ2) is 5.40. The van der Waals surface area contributed by atoms with Crippen LogP contribution in [0.4, 0.5) is 5.69 Å². The molecule has 0 aliphatic carbocycles. The van der Waals surface area contributed by atoms with Crippen LogP contribution in [-0.4, -0.2) is 28.2 Å². The molecular weight excluding hydrogens is 286 g/mol. The number of anilines is 1. The lowest BCUT2D eigenvalue weighted by Crippen LogP contribution is -2.31. The number of para-hydroxylation sites is 1. The van der Waals surface area contributed by atoms with E-state index in [-0.39, 0.29) is 17.2 Å². The van der Waals surface area contributed by atoms with Crippen molar-refractivity contribution in [1.29, 1.82) is 0 Å². The monoisotopic (exact) mass is 299 g/mol. The van der Waals surface area contributed by atoms with Crippen molar-refractivity contribution in [2.24, 2.45) is 0 Å². The summed E-state index contributed by atoms with van der Waals surface area (Å²) in [6.07, 6.45) is -0.189. The third-order valence-corrected chi connectivity index (χ3v) is 3.43. The molecule has 112 valence electrons. The maximum Gasteiger partial charge on any atom is 0.339 e. The van der Waals surface area contributed by atoms with Crippen LogP contribution in [0.1, 0.15) is 15.9 Å². The molecule has 0 spiro atoms. The van der Waals surface area contributed by atoms with Crippen molar-refractivity contribution in [2.45, 2.75) is 12.5 Å². The number of benzene rings is 2. The number of ether oxygens (including phenoxy) is 1. The van der Waals surface area contributed by atoms with Crippen LogP contribution in [-0.2, 0) is 11.2 Å². The number of aromatic carboxylic acids is 1. The molecule has 6 heteroatoms. The van der Waals surface area contributed by atoms with Crippen LogP contribution in [0.5, 0.6) is 11.5 Å². The van der Waals surface area contributed by atoms with E-state index >= 15 is 0 Å². The van der Waals surface area contributed by atoms with Gasteiger partial charge in [0.1, 0.15) is 17.1 Å². The van der Waals surface area contributed by atoms with Gasteiger partial charge in [0.2, 0.25) is 0 Å². The summed E-state index contributed by atoms with van der Waals surface area (Å²) in [5.74, 6) is -1.30. The Morgan fingerprint density at radius 2 is 1.95 bits per heavy atom. The summed E-state index contributed by atoms with van der Waals surface area (Å²) in [7, 11) is 0. The molecule has 1 amide bonds. The van der Waals surface area contributed by atoms with Gasteiger partial charge in [-0.25, -0.2) is 4.79 Å². The van der Waals surface area contributed by atoms with E-state index in [1.807, 2.05) is 18.2 Å². The first-order valence-electron chi connectivity index (χ1n) is 6.66. The number of fused-ring (bicyclic) bond motifs is 1. The Bertz CT molecular complexity index is 731. The number of carboxylic acids is 1. The fourth-order valence-electron chi connectivity index (χ4n) is 2.34. The summed E-state index contributed by atoms with van der Waals surface area (Å²) in [6.45, 7) is 0. The first-order valence-corrected chi connectivity index (χ1v) is 6.66. The van der Waals surface area contributed by atoms with Crippen molar-refractivity contribution in [3.63, 3.8) is 0 Å². The average Bonchev–Trinajstić information content (AvgIpc) is 2.93. The number of aromatic hydroxyl groups is 1. The van der Waals surface area contributed by atoms with E-state index in [9.17, 15) is 14.7 Å². The number of hydrogen-bond acceptors (Lipinski definition) is 4. The number of carbonyl (C=O) groups is 2. The van der Waals surface area contributed by atoms with E-state index in [1.54, 1.807) is 6.07 Å². The van der Waals surface area contributed by atoms with Crippen molar-refractivity contribution in [3.05, 3.63) is 53.6 Å². The van der Waals surface area contributed by atoms with E-state index in [4.69, 9.17) is 9.84 Å². The summed E-state index contributed by atoms with van der Waals surface area (Å²) < 4.78 is 5.56. The molecule has 0 aromatic heterocycles. The Labute approximate surface area is 126 Å². The van der Waals surface area contributed by atoms with Gasteiger partial charge in [-0.3, -0.25) is 4.79 Å². The second-order valence-electron chi connectivity index (χ2n) is 4.94. The second-order valence-corrected chi connectivity index (χ2v) is 4.94. The fraction of sp³-hybridized carbons (Fsp3) is 0.125. The zero-order chi connectivity index (χ0) is 15.7. The van der Waals surface area contributed by atoms with Crippen LogP contribution < -0.4 is 10.1 Å². The molecule has 1 atom stereocenters. The standard InChI is InChI=1S/C16H13NO5/c18-12-6-5-10(8-11(12)16(20)21)17-15(19)14-7-9-3-1-2-4-13(9)22-14/h1-6,8,14,18H,7H2,(H,17,19)(H,20,21). The molecule has 0 radical (unpaired) electrons. The molecule has 6 nitrogen and oxygen atoms in total. The predicted molar refractivity (Wildman–Crippen MR) is 78.3 cm³/mol. The zero-order valence-corrected chi connectivity index (χ0v) is 11.4. The summed E-state index contributed by atoms with van der Waals surface area (Å²) >= 11 is 0. The summed E-state index contributed by atoms with van der Waals surface area (Å²) in [5, 5.41) is 21.0. The van der Waals surface area contributed by atoms with Gasteiger partial charge in [0.25, 0.3) is 5.91 Å². The lowest BCUT2D eigenvalue weighted by atomic mass is 10.1.